The highest BCUT2D eigenvalue weighted by Gasteiger charge is 2.43. The van der Waals surface area contributed by atoms with Crippen molar-refractivity contribution in [3.63, 3.8) is 0 Å². The Morgan fingerprint density at radius 1 is 1.10 bits per heavy atom. The number of carboxylic acids is 1. The summed E-state index contributed by atoms with van der Waals surface area (Å²) in [6.07, 6.45) is 6.81. The van der Waals surface area contributed by atoms with Crippen molar-refractivity contribution in [3.8, 4) is 5.75 Å². The normalized spacial score (nSPS) is 30.6. The van der Waals surface area contributed by atoms with Gasteiger partial charge in [-0.1, -0.05) is 32.4 Å². The molecule has 31 heavy (non-hydrogen) atoms. The number of aryl methyl sites for hydroxylation is 1. The molecule has 0 radical (unpaired) electrons. The first-order valence-electron chi connectivity index (χ1n) is 12.1. The number of fused-ring (bicyclic) bond motifs is 1. The zero-order valence-corrected chi connectivity index (χ0v) is 19.3. The molecule has 2 N–H and O–H groups in total. The molecule has 1 saturated carbocycles. The Bertz CT molecular complexity index is 688. The molecule has 5 heteroatoms. The second-order valence-electron chi connectivity index (χ2n) is 9.88. The van der Waals surface area contributed by atoms with E-state index in [1.54, 1.807) is 0 Å². The molecule has 5 nitrogen and oxygen atoms in total. The van der Waals surface area contributed by atoms with Crippen molar-refractivity contribution < 1.29 is 24.5 Å². The van der Waals surface area contributed by atoms with Crippen LogP contribution in [0.3, 0.4) is 0 Å². The number of benzene rings is 1. The number of rotatable bonds is 9. The maximum absolute atomic E-state index is 10.9. The quantitative estimate of drug-likeness (QED) is 0.409. The van der Waals surface area contributed by atoms with Gasteiger partial charge in [-0.3, -0.25) is 4.79 Å². The minimum absolute atomic E-state index is 0.0488. The van der Waals surface area contributed by atoms with E-state index < -0.39 is 12.3 Å². The summed E-state index contributed by atoms with van der Waals surface area (Å²) in [6, 6.07) is 7.83. The molecule has 1 aliphatic heterocycles. The van der Waals surface area contributed by atoms with E-state index in [1.807, 2.05) is 24.3 Å². The van der Waals surface area contributed by atoms with Crippen LogP contribution in [-0.4, -0.2) is 35.2 Å². The highest BCUT2D eigenvalue weighted by atomic mass is 16.6. The summed E-state index contributed by atoms with van der Waals surface area (Å²) in [5, 5.41) is 19.6. The van der Waals surface area contributed by atoms with Gasteiger partial charge in [-0.05, 0) is 86.8 Å². The molecule has 7 atom stereocenters. The van der Waals surface area contributed by atoms with Crippen LogP contribution >= 0.6 is 0 Å². The number of carbonyl (C=O) groups is 1. The minimum Gasteiger partial charge on any atom is -0.481 e. The Hall–Kier alpha value is -1.59. The van der Waals surface area contributed by atoms with Crippen molar-refractivity contribution in [1.82, 2.24) is 0 Å². The van der Waals surface area contributed by atoms with Crippen molar-refractivity contribution in [3.05, 3.63) is 29.8 Å². The summed E-state index contributed by atoms with van der Waals surface area (Å²) < 4.78 is 12.0. The van der Waals surface area contributed by atoms with Gasteiger partial charge in [-0.2, -0.15) is 0 Å². The van der Waals surface area contributed by atoms with Gasteiger partial charge in [0.05, 0.1) is 12.7 Å². The van der Waals surface area contributed by atoms with Crippen LogP contribution in [0.2, 0.25) is 0 Å². The number of unbranched alkanes of at least 4 members (excludes halogenated alkanes) is 1. The lowest BCUT2D eigenvalue weighted by molar-refractivity contribution is -0.137. The van der Waals surface area contributed by atoms with Crippen LogP contribution in [0.1, 0.15) is 71.3 Å². The van der Waals surface area contributed by atoms with E-state index in [9.17, 15) is 9.90 Å². The van der Waals surface area contributed by atoms with Crippen LogP contribution in [0.25, 0.3) is 0 Å². The fraction of sp³-hybridized carbons (Fsp3) is 0.731. The second kappa shape index (κ2) is 11.3. The number of aliphatic hydroxyl groups excluding tert-OH is 1. The average molecular weight is 433 g/mol. The van der Waals surface area contributed by atoms with Crippen LogP contribution in [0, 0.1) is 29.6 Å². The molecule has 0 spiro atoms. The Morgan fingerprint density at radius 3 is 2.55 bits per heavy atom. The number of aliphatic carboxylic acids is 1. The molecule has 0 bridgehead atoms. The third-order valence-electron chi connectivity index (χ3n) is 7.68. The number of ether oxygens (including phenoxy) is 2. The smallest absolute Gasteiger partial charge is 0.303 e. The van der Waals surface area contributed by atoms with Crippen LogP contribution in [0.15, 0.2) is 24.3 Å². The van der Waals surface area contributed by atoms with Gasteiger partial charge in [-0.25, -0.2) is 0 Å². The van der Waals surface area contributed by atoms with Gasteiger partial charge in [0.15, 0.2) is 6.29 Å². The summed E-state index contributed by atoms with van der Waals surface area (Å²) in [5.41, 5.74) is 1.16. The first-order valence-corrected chi connectivity index (χ1v) is 12.1. The van der Waals surface area contributed by atoms with Gasteiger partial charge in [0.25, 0.3) is 0 Å². The second-order valence-corrected chi connectivity index (χ2v) is 9.88. The molecule has 1 aromatic rings. The molecule has 2 aliphatic rings. The predicted octanol–water partition coefficient (Wildman–Crippen LogP) is 5.29. The van der Waals surface area contributed by atoms with E-state index in [2.05, 4.69) is 20.8 Å². The number of aliphatic hydroxyl groups is 1. The van der Waals surface area contributed by atoms with Crippen LogP contribution in [-0.2, 0) is 16.0 Å². The van der Waals surface area contributed by atoms with Gasteiger partial charge >= 0.3 is 5.97 Å². The van der Waals surface area contributed by atoms with E-state index in [4.69, 9.17) is 14.6 Å². The van der Waals surface area contributed by atoms with Crippen molar-refractivity contribution in [2.45, 2.75) is 84.5 Å². The summed E-state index contributed by atoms with van der Waals surface area (Å²) in [6.45, 7) is 7.47. The van der Waals surface area contributed by atoms with E-state index in [0.717, 1.165) is 43.8 Å². The van der Waals surface area contributed by atoms with Gasteiger partial charge in [0.1, 0.15) is 5.75 Å². The molecular formula is C26H40O5. The lowest BCUT2D eigenvalue weighted by Gasteiger charge is -2.44. The van der Waals surface area contributed by atoms with Crippen LogP contribution < -0.4 is 4.74 Å². The summed E-state index contributed by atoms with van der Waals surface area (Å²) in [5.74, 6) is 2.30. The standard InChI is InChI=1S/C26H40O5/c1-17-8-14-23(24-16-30-18(2)9-15-22(17)24)19(3)26(29)31-21-12-10-20(11-13-21)6-4-5-7-25(27)28/h10-13,17-19,22-24,26,29H,4-9,14-16H2,1-3H3,(H,27,28)/t17-,18?,19-,22+,23+,24?,26-/m1/s1. The molecule has 2 unspecified atom stereocenters. The number of hydrogen-bond acceptors (Lipinski definition) is 4. The maximum atomic E-state index is 10.9. The van der Waals surface area contributed by atoms with E-state index in [1.165, 1.54) is 12.8 Å². The molecule has 1 aromatic carbocycles. The fourth-order valence-electron chi connectivity index (χ4n) is 5.61. The molecule has 0 aromatic heterocycles. The highest BCUT2D eigenvalue weighted by molar-refractivity contribution is 5.66. The summed E-state index contributed by atoms with van der Waals surface area (Å²) in [4.78, 5) is 10.6. The zero-order chi connectivity index (χ0) is 22.4. The zero-order valence-electron chi connectivity index (χ0n) is 19.3. The van der Waals surface area contributed by atoms with Crippen molar-refractivity contribution in [1.29, 1.82) is 0 Å². The largest absolute Gasteiger partial charge is 0.481 e. The molecule has 0 amide bonds. The molecule has 1 aliphatic carbocycles. The molecule has 174 valence electrons. The summed E-state index contributed by atoms with van der Waals surface area (Å²) in [7, 11) is 0. The SMILES string of the molecule is CC1CC[C@@H]2C(CO1)[C@H]([C@@H](C)[C@H](O)Oc1ccc(CCCCC(=O)O)cc1)CC[C@H]2C. The molecule has 3 rings (SSSR count). The van der Waals surface area contributed by atoms with Crippen molar-refractivity contribution in [2.24, 2.45) is 29.6 Å². The lowest BCUT2D eigenvalue weighted by Crippen LogP contribution is -2.42. The minimum atomic E-state index is -0.832. The molecular weight excluding hydrogens is 392 g/mol. The first kappa shape index (κ1) is 24.1. The highest BCUT2D eigenvalue weighted by Crippen LogP contribution is 2.46. The van der Waals surface area contributed by atoms with E-state index in [0.29, 0.717) is 36.0 Å². The predicted molar refractivity (Wildman–Crippen MR) is 121 cm³/mol. The average Bonchev–Trinajstić information content (AvgIpc) is 2.94. The monoisotopic (exact) mass is 432 g/mol. The van der Waals surface area contributed by atoms with E-state index >= 15 is 0 Å². The maximum Gasteiger partial charge on any atom is 0.303 e. The van der Waals surface area contributed by atoms with Crippen LogP contribution in [0.5, 0.6) is 5.75 Å². The Morgan fingerprint density at radius 2 is 1.84 bits per heavy atom. The third-order valence-corrected chi connectivity index (χ3v) is 7.68. The summed E-state index contributed by atoms with van der Waals surface area (Å²) >= 11 is 0. The van der Waals surface area contributed by atoms with Gasteiger partial charge < -0.3 is 19.7 Å². The molecule has 1 heterocycles. The third kappa shape index (κ3) is 6.69. The van der Waals surface area contributed by atoms with E-state index in [-0.39, 0.29) is 12.3 Å². The molecule has 1 saturated heterocycles. The Labute approximate surface area is 187 Å². The van der Waals surface area contributed by atoms with Gasteiger partial charge in [-0.15, -0.1) is 0 Å². The van der Waals surface area contributed by atoms with Crippen molar-refractivity contribution >= 4 is 5.97 Å². The van der Waals surface area contributed by atoms with Gasteiger partial charge in [0, 0.05) is 12.3 Å². The molecule has 2 fully saturated rings. The topological polar surface area (TPSA) is 76.0 Å². The van der Waals surface area contributed by atoms with Crippen molar-refractivity contribution in [2.75, 3.05) is 6.61 Å². The fourth-order valence-corrected chi connectivity index (χ4v) is 5.61. The lowest BCUT2D eigenvalue weighted by atomic mass is 9.62. The van der Waals surface area contributed by atoms with Crippen LogP contribution in [0.4, 0.5) is 0 Å². The Kier molecular flexibility index (Phi) is 8.79. The number of carboxylic acid groups (broad SMARTS) is 1. The number of hydrogen-bond donors (Lipinski definition) is 2. The Balaban J connectivity index is 1.54. The van der Waals surface area contributed by atoms with Gasteiger partial charge in [0.2, 0.25) is 0 Å². The first-order chi connectivity index (χ1) is 14.8.